The number of carbonyl (C=O) groups is 1. The van der Waals surface area contributed by atoms with E-state index in [0.717, 1.165) is 0 Å². The van der Waals surface area contributed by atoms with Gasteiger partial charge >= 0.3 is 0 Å². The maximum atomic E-state index is 11.1. The fraction of sp³-hybridized carbons (Fsp3) is 0.250. The van der Waals surface area contributed by atoms with Crippen molar-refractivity contribution in [3.05, 3.63) is 27.7 Å². The molecule has 0 aliphatic heterocycles. The zero-order valence-corrected chi connectivity index (χ0v) is 7.94. The van der Waals surface area contributed by atoms with Crippen molar-refractivity contribution >= 4 is 16.8 Å². The Morgan fingerprint density at radius 2 is 2.23 bits per heavy atom. The van der Waals surface area contributed by atoms with Gasteiger partial charge in [-0.05, 0) is 24.1 Å². The van der Waals surface area contributed by atoms with E-state index in [1.165, 1.54) is 13.3 Å². The summed E-state index contributed by atoms with van der Waals surface area (Å²) in [6.07, 6.45) is 1.42. The van der Waals surface area contributed by atoms with E-state index in [0.29, 0.717) is 5.56 Å². The summed E-state index contributed by atoms with van der Waals surface area (Å²) in [6.45, 7) is 1.66. The highest BCUT2D eigenvalue weighted by Crippen LogP contribution is 2.18. The third kappa shape index (κ3) is 1.72. The van der Waals surface area contributed by atoms with Crippen LogP contribution in [0.25, 0.3) is 0 Å². The largest absolute Gasteiger partial charge is 0.491 e. The summed E-state index contributed by atoms with van der Waals surface area (Å²) in [7, 11) is 1.31. The van der Waals surface area contributed by atoms with Crippen LogP contribution in [0.1, 0.15) is 15.9 Å². The number of nitrogens with one attached hydrogen (secondary N) is 1. The van der Waals surface area contributed by atoms with Gasteiger partial charge in [0.15, 0.2) is 5.75 Å². The zero-order valence-electron chi connectivity index (χ0n) is 7.18. The minimum absolute atomic E-state index is 0.0417. The number of H-pyrrole nitrogens is 1. The number of aromatic nitrogens is 1. The molecule has 0 unspecified atom stereocenters. The molecule has 0 spiro atoms. The van der Waals surface area contributed by atoms with E-state index < -0.39 is 10.8 Å². The number of rotatable bonds is 2. The first-order valence-corrected chi connectivity index (χ1v) is 3.91. The Balaban J connectivity index is 3.53. The Kier molecular flexibility index (Phi) is 2.72. The third-order valence-electron chi connectivity index (χ3n) is 1.65. The van der Waals surface area contributed by atoms with Crippen LogP contribution in [0.4, 0.5) is 0 Å². The maximum Gasteiger partial charge on any atom is 0.291 e. The summed E-state index contributed by atoms with van der Waals surface area (Å²) in [5.74, 6) is -0.0417. The molecule has 0 aliphatic carbocycles. The Bertz CT molecular complexity index is 397. The Hall–Kier alpha value is -1.29. The predicted molar refractivity (Wildman–Crippen MR) is 48.5 cm³/mol. The molecule has 1 heterocycles. The molecule has 0 fully saturated rings. The molecule has 0 atom stereocenters. The van der Waals surface area contributed by atoms with Crippen LogP contribution in [0.3, 0.4) is 0 Å². The summed E-state index contributed by atoms with van der Waals surface area (Å²) in [6, 6.07) is 0. The van der Waals surface area contributed by atoms with Crippen LogP contribution in [-0.4, -0.2) is 17.3 Å². The normalized spacial score (nSPS) is 9.77. The topological polar surface area (TPSA) is 59.2 Å². The van der Waals surface area contributed by atoms with Gasteiger partial charge in [0, 0.05) is 6.20 Å². The minimum Gasteiger partial charge on any atom is -0.491 e. The quantitative estimate of drug-likeness (QED) is 0.729. The summed E-state index contributed by atoms with van der Waals surface area (Å²) < 4.78 is 4.77. The SMILES string of the molecule is COc1c(C(=O)Cl)c(C)c[nH]c1=O. The zero-order chi connectivity index (χ0) is 10.0. The average Bonchev–Trinajstić information content (AvgIpc) is 2.07. The summed E-state index contributed by atoms with van der Waals surface area (Å²) in [4.78, 5) is 24.5. The highest BCUT2D eigenvalue weighted by atomic mass is 35.5. The molecule has 0 amide bonds. The van der Waals surface area contributed by atoms with Crippen molar-refractivity contribution in [2.24, 2.45) is 0 Å². The molecule has 13 heavy (non-hydrogen) atoms. The molecule has 0 bridgehead atoms. The lowest BCUT2D eigenvalue weighted by Crippen LogP contribution is -2.14. The number of hydrogen-bond acceptors (Lipinski definition) is 3. The van der Waals surface area contributed by atoms with Crippen molar-refractivity contribution in [2.45, 2.75) is 6.92 Å². The summed E-state index contributed by atoms with van der Waals surface area (Å²) >= 11 is 5.29. The Morgan fingerprint density at radius 3 is 2.62 bits per heavy atom. The molecule has 0 saturated carbocycles. The van der Waals surface area contributed by atoms with Gasteiger partial charge < -0.3 is 9.72 Å². The van der Waals surface area contributed by atoms with Crippen LogP contribution in [0.2, 0.25) is 0 Å². The molecule has 70 valence electrons. The predicted octanol–water partition coefficient (Wildman–Crippen LogP) is 1.07. The first kappa shape index (κ1) is 9.80. The number of aromatic amines is 1. The lowest BCUT2D eigenvalue weighted by molar-refractivity contribution is 0.107. The fourth-order valence-electron chi connectivity index (χ4n) is 1.04. The van der Waals surface area contributed by atoms with Gasteiger partial charge in [-0.3, -0.25) is 9.59 Å². The molecular formula is C8H8ClNO3. The fourth-order valence-corrected chi connectivity index (χ4v) is 1.28. The summed E-state index contributed by atoms with van der Waals surface area (Å²) in [5.41, 5.74) is 0.237. The number of hydrogen-bond donors (Lipinski definition) is 1. The van der Waals surface area contributed by atoms with Gasteiger partial charge in [-0.25, -0.2) is 0 Å². The second-order valence-corrected chi connectivity index (χ2v) is 2.83. The summed E-state index contributed by atoms with van der Waals surface area (Å²) in [5, 5.41) is -0.694. The molecule has 1 aromatic heterocycles. The van der Waals surface area contributed by atoms with Crippen LogP contribution in [0.5, 0.6) is 5.75 Å². The van der Waals surface area contributed by atoms with Gasteiger partial charge in [-0.1, -0.05) is 0 Å². The number of halogens is 1. The van der Waals surface area contributed by atoms with Gasteiger partial charge in [-0.2, -0.15) is 0 Å². The molecule has 0 radical (unpaired) electrons. The highest BCUT2D eigenvalue weighted by molar-refractivity contribution is 6.68. The van der Waals surface area contributed by atoms with Crippen molar-refractivity contribution in [3.8, 4) is 5.75 Å². The standard InChI is InChI=1S/C8H8ClNO3/c1-4-3-10-8(12)6(13-2)5(4)7(9)11/h3H,1-2H3,(H,10,12). The van der Waals surface area contributed by atoms with Crippen molar-refractivity contribution in [2.75, 3.05) is 7.11 Å². The van der Waals surface area contributed by atoms with E-state index in [9.17, 15) is 9.59 Å². The van der Waals surface area contributed by atoms with E-state index in [4.69, 9.17) is 16.3 Å². The number of ether oxygens (including phenoxy) is 1. The van der Waals surface area contributed by atoms with Crippen molar-refractivity contribution in [1.29, 1.82) is 0 Å². The van der Waals surface area contributed by atoms with Crippen molar-refractivity contribution in [3.63, 3.8) is 0 Å². The minimum atomic E-state index is -0.694. The number of carbonyl (C=O) groups excluding carboxylic acids is 1. The molecule has 1 N–H and O–H groups in total. The van der Waals surface area contributed by atoms with Crippen LogP contribution < -0.4 is 10.3 Å². The average molecular weight is 202 g/mol. The van der Waals surface area contributed by atoms with Crippen LogP contribution >= 0.6 is 11.6 Å². The molecular weight excluding hydrogens is 194 g/mol. The second kappa shape index (κ2) is 3.62. The molecule has 0 aliphatic rings. The van der Waals surface area contributed by atoms with Crippen LogP contribution in [0.15, 0.2) is 11.0 Å². The van der Waals surface area contributed by atoms with E-state index in [-0.39, 0.29) is 11.3 Å². The van der Waals surface area contributed by atoms with Crippen molar-refractivity contribution in [1.82, 2.24) is 4.98 Å². The first-order valence-electron chi connectivity index (χ1n) is 3.54. The molecule has 5 heteroatoms. The first-order chi connectivity index (χ1) is 6.07. The smallest absolute Gasteiger partial charge is 0.291 e. The van der Waals surface area contributed by atoms with Gasteiger partial charge in [-0.15, -0.1) is 0 Å². The number of methoxy groups -OCH3 is 1. The Morgan fingerprint density at radius 1 is 1.62 bits per heavy atom. The van der Waals surface area contributed by atoms with Crippen molar-refractivity contribution < 1.29 is 9.53 Å². The third-order valence-corrected chi connectivity index (χ3v) is 1.84. The molecule has 1 rings (SSSR count). The van der Waals surface area contributed by atoms with E-state index in [1.807, 2.05) is 0 Å². The van der Waals surface area contributed by atoms with Gasteiger partial charge in [0.25, 0.3) is 10.8 Å². The van der Waals surface area contributed by atoms with Crippen LogP contribution in [0, 0.1) is 6.92 Å². The van der Waals surface area contributed by atoms with E-state index in [2.05, 4.69) is 4.98 Å². The van der Waals surface area contributed by atoms with E-state index >= 15 is 0 Å². The van der Waals surface area contributed by atoms with E-state index in [1.54, 1.807) is 6.92 Å². The molecule has 0 aromatic carbocycles. The van der Waals surface area contributed by atoms with Gasteiger partial charge in [0.1, 0.15) is 0 Å². The number of pyridine rings is 1. The highest BCUT2D eigenvalue weighted by Gasteiger charge is 2.15. The lowest BCUT2D eigenvalue weighted by Gasteiger charge is -2.05. The number of aryl methyl sites for hydroxylation is 1. The lowest BCUT2D eigenvalue weighted by atomic mass is 10.1. The maximum absolute atomic E-state index is 11.1. The molecule has 4 nitrogen and oxygen atoms in total. The van der Waals surface area contributed by atoms with Crippen LogP contribution in [-0.2, 0) is 0 Å². The second-order valence-electron chi connectivity index (χ2n) is 2.48. The van der Waals surface area contributed by atoms with Gasteiger partial charge in [0.05, 0.1) is 12.7 Å². The molecule has 0 saturated heterocycles. The molecule has 1 aromatic rings. The monoisotopic (exact) mass is 201 g/mol. The Labute approximate surface area is 79.5 Å². The van der Waals surface area contributed by atoms with Gasteiger partial charge in [0.2, 0.25) is 0 Å².